The first-order valence-electron chi connectivity index (χ1n) is 6.66. The molecule has 0 bridgehead atoms. The Hall–Kier alpha value is -0.800. The van der Waals surface area contributed by atoms with E-state index >= 15 is 0 Å². The predicted molar refractivity (Wildman–Crippen MR) is 80.0 cm³/mol. The maximum atomic E-state index is 3.80. The molecule has 96 valence electrons. The van der Waals surface area contributed by atoms with E-state index in [0.717, 1.165) is 6.54 Å². The number of aromatic nitrogens is 1. The number of hydrogen-bond donors (Lipinski definition) is 1. The zero-order valence-corrected chi connectivity index (χ0v) is 12.5. The fourth-order valence-electron chi connectivity index (χ4n) is 2.99. The molecule has 1 N–H and O–H groups in total. The molecule has 0 spiro atoms. The molecular formula is C15H19BrN2. The summed E-state index contributed by atoms with van der Waals surface area (Å²) in [5.74, 6) is 0. The Balaban J connectivity index is 2.16. The average molecular weight is 307 g/mol. The number of nitrogens with one attached hydrogen (secondary N) is 1. The van der Waals surface area contributed by atoms with E-state index in [1.807, 2.05) is 0 Å². The van der Waals surface area contributed by atoms with Crippen LogP contribution in [0.4, 0.5) is 0 Å². The minimum absolute atomic E-state index is 0.492. The van der Waals surface area contributed by atoms with Gasteiger partial charge in [0.05, 0.1) is 0 Å². The van der Waals surface area contributed by atoms with E-state index in [1.54, 1.807) is 0 Å². The molecule has 2 heterocycles. The number of nitrogens with zero attached hydrogens (tertiary/aromatic N) is 1. The van der Waals surface area contributed by atoms with Crippen molar-refractivity contribution in [3.63, 3.8) is 0 Å². The van der Waals surface area contributed by atoms with Gasteiger partial charge in [0.1, 0.15) is 0 Å². The molecule has 3 heteroatoms. The van der Waals surface area contributed by atoms with Crippen molar-refractivity contribution < 1.29 is 0 Å². The van der Waals surface area contributed by atoms with E-state index in [-0.39, 0.29) is 0 Å². The maximum absolute atomic E-state index is 3.80. The van der Waals surface area contributed by atoms with Gasteiger partial charge in [-0.2, -0.15) is 0 Å². The van der Waals surface area contributed by atoms with Gasteiger partial charge in [0.15, 0.2) is 0 Å². The molecule has 2 aromatic rings. The molecule has 1 atom stereocenters. The number of halogens is 1. The number of benzene rings is 1. The highest BCUT2D eigenvalue weighted by atomic mass is 79.9. The summed E-state index contributed by atoms with van der Waals surface area (Å²) in [4.78, 5) is 0. The SMILES string of the molecule is Cc1ccc2c(Br)c(C3CCCCN3)n(C)c2c1. The maximum Gasteiger partial charge on any atom is 0.0499 e. The van der Waals surface area contributed by atoms with Crippen LogP contribution in [0.25, 0.3) is 10.9 Å². The van der Waals surface area contributed by atoms with Crippen molar-refractivity contribution in [3.05, 3.63) is 33.9 Å². The van der Waals surface area contributed by atoms with Crippen molar-refractivity contribution in [1.82, 2.24) is 9.88 Å². The first-order chi connectivity index (χ1) is 8.68. The lowest BCUT2D eigenvalue weighted by Gasteiger charge is -2.24. The largest absolute Gasteiger partial charge is 0.345 e. The molecule has 0 radical (unpaired) electrons. The van der Waals surface area contributed by atoms with Crippen LogP contribution in [-0.2, 0) is 7.05 Å². The lowest BCUT2D eigenvalue weighted by atomic mass is 10.0. The van der Waals surface area contributed by atoms with Crippen LogP contribution in [0.3, 0.4) is 0 Å². The minimum Gasteiger partial charge on any atom is -0.345 e. The van der Waals surface area contributed by atoms with Crippen LogP contribution in [-0.4, -0.2) is 11.1 Å². The Kier molecular flexibility index (Phi) is 3.20. The molecule has 18 heavy (non-hydrogen) atoms. The Morgan fingerprint density at radius 2 is 2.17 bits per heavy atom. The summed E-state index contributed by atoms with van der Waals surface area (Å²) >= 11 is 3.80. The molecule has 1 aromatic carbocycles. The van der Waals surface area contributed by atoms with Crippen LogP contribution >= 0.6 is 15.9 Å². The van der Waals surface area contributed by atoms with Gasteiger partial charge in [0, 0.05) is 34.2 Å². The van der Waals surface area contributed by atoms with E-state index in [1.165, 1.54) is 45.9 Å². The molecule has 0 saturated carbocycles. The lowest BCUT2D eigenvalue weighted by molar-refractivity contribution is 0.398. The lowest BCUT2D eigenvalue weighted by Crippen LogP contribution is -2.28. The Labute approximate surface area is 116 Å². The van der Waals surface area contributed by atoms with Gasteiger partial charge in [-0.1, -0.05) is 18.6 Å². The smallest absolute Gasteiger partial charge is 0.0499 e. The minimum atomic E-state index is 0.492. The van der Waals surface area contributed by atoms with Crippen molar-refractivity contribution in [2.24, 2.45) is 7.05 Å². The Morgan fingerprint density at radius 3 is 2.89 bits per heavy atom. The molecule has 1 aromatic heterocycles. The Bertz CT molecular complexity index is 580. The third-order valence-electron chi connectivity index (χ3n) is 3.98. The number of aryl methyl sites for hydroxylation is 2. The first kappa shape index (κ1) is 12.2. The predicted octanol–water partition coefficient (Wildman–Crippen LogP) is 4.06. The van der Waals surface area contributed by atoms with Gasteiger partial charge in [0.2, 0.25) is 0 Å². The third kappa shape index (κ3) is 1.90. The van der Waals surface area contributed by atoms with E-state index in [2.05, 4.69) is 58.0 Å². The van der Waals surface area contributed by atoms with Gasteiger partial charge in [0.25, 0.3) is 0 Å². The van der Waals surface area contributed by atoms with E-state index in [0.29, 0.717) is 6.04 Å². The molecule has 1 aliphatic rings. The monoisotopic (exact) mass is 306 g/mol. The molecule has 1 fully saturated rings. The van der Waals surface area contributed by atoms with E-state index in [9.17, 15) is 0 Å². The molecule has 1 aliphatic heterocycles. The van der Waals surface area contributed by atoms with Gasteiger partial charge in [-0.25, -0.2) is 0 Å². The molecule has 3 rings (SSSR count). The summed E-state index contributed by atoms with van der Waals surface area (Å²) in [7, 11) is 2.18. The number of fused-ring (bicyclic) bond motifs is 1. The molecule has 2 nitrogen and oxygen atoms in total. The highest BCUT2D eigenvalue weighted by Crippen LogP contribution is 2.36. The van der Waals surface area contributed by atoms with Crippen LogP contribution in [0.1, 0.15) is 36.6 Å². The van der Waals surface area contributed by atoms with Crippen molar-refractivity contribution in [2.45, 2.75) is 32.2 Å². The van der Waals surface area contributed by atoms with E-state index in [4.69, 9.17) is 0 Å². The summed E-state index contributed by atoms with van der Waals surface area (Å²) in [6.07, 6.45) is 3.86. The molecule has 1 saturated heterocycles. The standard InChI is InChI=1S/C15H19BrN2/c1-10-6-7-11-13(9-10)18(2)15(14(11)16)12-5-3-4-8-17-12/h6-7,9,12,17H,3-5,8H2,1-2H3. The second kappa shape index (κ2) is 4.71. The van der Waals surface area contributed by atoms with Gasteiger partial charge in [-0.3, -0.25) is 0 Å². The number of hydrogen-bond acceptors (Lipinski definition) is 1. The number of piperidine rings is 1. The zero-order chi connectivity index (χ0) is 12.7. The molecule has 0 aliphatic carbocycles. The number of rotatable bonds is 1. The quantitative estimate of drug-likeness (QED) is 0.840. The third-order valence-corrected chi connectivity index (χ3v) is 4.81. The van der Waals surface area contributed by atoms with Crippen LogP contribution in [0, 0.1) is 6.92 Å². The fraction of sp³-hybridized carbons (Fsp3) is 0.467. The summed E-state index contributed by atoms with van der Waals surface area (Å²) in [6.45, 7) is 3.29. The fourth-order valence-corrected chi connectivity index (χ4v) is 3.87. The van der Waals surface area contributed by atoms with Crippen molar-refractivity contribution in [3.8, 4) is 0 Å². The zero-order valence-electron chi connectivity index (χ0n) is 11.0. The molecular weight excluding hydrogens is 288 g/mol. The van der Waals surface area contributed by atoms with Gasteiger partial charge < -0.3 is 9.88 Å². The van der Waals surface area contributed by atoms with Crippen molar-refractivity contribution in [2.75, 3.05) is 6.54 Å². The van der Waals surface area contributed by atoms with Crippen molar-refractivity contribution in [1.29, 1.82) is 0 Å². The van der Waals surface area contributed by atoms with Crippen LogP contribution in [0.2, 0.25) is 0 Å². The summed E-state index contributed by atoms with van der Waals surface area (Å²) in [6, 6.07) is 7.17. The van der Waals surface area contributed by atoms with Crippen LogP contribution in [0.5, 0.6) is 0 Å². The second-order valence-electron chi connectivity index (χ2n) is 5.28. The van der Waals surface area contributed by atoms with Gasteiger partial charge in [-0.15, -0.1) is 0 Å². The normalized spacial score (nSPS) is 20.5. The highest BCUT2D eigenvalue weighted by Gasteiger charge is 2.22. The molecule has 0 amide bonds. The van der Waals surface area contributed by atoms with Crippen LogP contribution in [0.15, 0.2) is 22.7 Å². The Morgan fingerprint density at radius 1 is 1.33 bits per heavy atom. The average Bonchev–Trinajstić information content (AvgIpc) is 2.63. The van der Waals surface area contributed by atoms with Gasteiger partial charge >= 0.3 is 0 Å². The van der Waals surface area contributed by atoms with Gasteiger partial charge in [-0.05, 0) is 53.9 Å². The summed E-state index contributed by atoms with van der Waals surface area (Å²) < 4.78 is 3.61. The topological polar surface area (TPSA) is 17.0 Å². The van der Waals surface area contributed by atoms with E-state index < -0.39 is 0 Å². The van der Waals surface area contributed by atoms with Crippen LogP contribution < -0.4 is 5.32 Å². The summed E-state index contributed by atoms with van der Waals surface area (Å²) in [5, 5.41) is 4.97. The second-order valence-corrected chi connectivity index (χ2v) is 6.07. The summed E-state index contributed by atoms with van der Waals surface area (Å²) in [5.41, 5.74) is 4.04. The highest BCUT2D eigenvalue weighted by molar-refractivity contribution is 9.10. The molecule has 1 unspecified atom stereocenters. The van der Waals surface area contributed by atoms with Crippen molar-refractivity contribution >= 4 is 26.8 Å². The first-order valence-corrected chi connectivity index (χ1v) is 7.45.